The highest BCUT2D eigenvalue weighted by Crippen LogP contribution is 2.42. The molecule has 3 aromatic heterocycles. The molecule has 1 fully saturated rings. The van der Waals surface area contributed by atoms with Crippen molar-refractivity contribution < 1.29 is 36.3 Å². The third kappa shape index (κ3) is 6.37. The van der Waals surface area contributed by atoms with Gasteiger partial charge in [0.15, 0.2) is 11.6 Å². The van der Waals surface area contributed by atoms with E-state index in [-0.39, 0.29) is 40.8 Å². The molecule has 0 aliphatic heterocycles. The average Bonchev–Trinajstić information content (AvgIpc) is 3.57. The van der Waals surface area contributed by atoms with Crippen LogP contribution in [-0.2, 0) is 16.6 Å². The summed E-state index contributed by atoms with van der Waals surface area (Å²) in [6.45, 7) is 1.74. The van der Waals surface area contributed by atoms with Crippen molar-refractivity contribution in [1.82, 2.24) is 30.1 Å². The lowest BCUT2D eigenvalue weighted by molar-refractivity contribution is -0.202. The van der Waals surface area contributed by atoms with E-state index in [1.807, 2.05) is 0 Å². The Balaban J connectivity index is 1.44. The number of aromatic nitrogens is 6. The molecular formula is C25H22ClF4N7O5. The SMILES string of the molecule is Cc1cc(Nc2ccn[nH]2)nc(CC2(c3nn(OC(=O)C(F)(F)F)c(=O)o3)CCC(Oc3cccc(Cl)c3F)CC2)n1. The number of aryl methyl sites for hydroxylation is 1. The fourth-order valence-electron chi connectivity index (χ4n) is 4.69. The topological polar surface area (TPSA) is 150 Å². The second-order valence-electron chi connectivity index (χ2n) is 9.65. The molecule has 0 unspecified atom stereocenters. The molecule has 1 saturated carbocycles. The number of carbonyl (C=O) groups is 1. The number of rotatable bonds is 8. The summed E-state index contributed by atoms with van der Waals surface area (Å²) < 4.78 is 63.8. The van der Waals surface area contributed by atoms with Crippen LogP contribution in [-0.4, -0.2) is 48.4 Å². The molecule has 0 spiro atoms. The van der Waals surface area contributed by atoms with Crippen molar-refractivity contribution in [3.63, 3.8) is 0 Å². The van der Waals surface area contributed by atoms with Crippen LogP contribution in [0.2, 0.25) is 5.02 Å². The molecule has 0 radical (unpaired) electrons. The summed E-state index contributed by atoms with van der Waals surface area (Å²) >= 11 is 5.86. The zero-order chi connectivity index (χ0) is 30.1. The number of nitrogens with one attached hydrogen (secondary N) is 2. The van der Waals surface area contributed by atoms with Gasteiger partial charge in [-0.3, -0.25) is 5.10 Å². The summed E-state index contributed by atoms with van der Waals surface area (Å²) in [6.07, 6.45) is -3.22. The maximum Gasteiger partial charge on any atom is 0.493 e. The van der Waals surface area contributed by atoms with E-state index in [2.05, 4.69) is 35.4 Å². The Morgan fingerprint density at radius 3 is 2.71 bits per heavy atom. The number of alkyl halides is 3. The van der Waals surface area contributed by atoms with Gasteiger partial charge in [0.05, 0.1) is 22.7 Å². The van der Waals surface area contributed by atoms with Gasteiger partial charge in [-0.05, 0) is 49.6 Å². The Morgan fingerprint density at radius 1 is 1.26 bits per heavy atom. The molecule has 0 saturated heterocycles. The summed E-state index contributed by atoms with van der Waals surface area (Å²) in [7, 11) is 0. The predicted octanol–water partition coefficient (Wildman–Crippen LogP) is 4.21. The van der Waals surface area contributed by atoms with Gasteiger partial charge < -0.3 is 19.3 Å². The van der Waals surface area contributed by atoms with E-state index in [4.69, 9.17) is 20.8 Å². The third-order valence-corrected chi connectivity index (χ3v) is 6.93. The van der Waals surface area contributed by atoms with E-state index < -0.39 is 35.2 Å². The molecule has 1 aliphatic rings. The van der Waals surface area contributed by atoms with Crippen molar-refractivity contribution >= 4 is 29.2 Å². The first-order valence-corrected chi connectivity index (χ1v) is 12.9. The van der Waals surface area contributed by atoms with Crippen molar-refractivity contribution in [3.8, 4) is 5.75 Å². The van der Waals surface area contributed by atoms with Crippen LogP contribution in [0, 0.1) is 12.7 Å². The molecule has 4 aromatic rings. The lowest BCUT2D eigenvalue weighted by Crippen LogP contribution is -2.39. The van der Waals surface area contributed by atoms with Crippen molar-refractivity contribution in [2.45, 2.75) is 56.7 Å². The normalized spacial score (nSPS) is 19.0. The van der Waals surface area contributed by atoms with E-state index >= 15 is 0 Å². The van der Waals surface area contributed by atoms with Crippen LogP contribution < -0.4 is 20.6 Å². The van der Waals surface area contributed by atoms with Crippen LogP contribution >= 0.6 is 11.6 Å². The smallest absolute Gasteiger partial charge is 0.487 e. The van der Waals surface area contributed by atoms with Gasteiger partial charge in [-0.2, -0.15) is 18.3 Å². The summed E-state index contributed by atoms with van der Waals surface area (Å²) in [6, 6.07) is 7.74. The molecular weight excluding hydrogens is 590 g/mol. The molecule has 0 bridgehead atoms. The van der Waals surface area contributed by atoms with Gasteiger partial charge in [-0.1, -0.05) is 22.8 Å². The van der Waals surface area contributed by atoms with Gasteiger partial charge in [0, 0.05) is 24.2 Å². The highest BCUT2D eigenvalue weighted by atomic mass is 35.5. The van der Waals surface area contributed by atoms with E-state index in [1.54, 1.807) is 31.3 Å². The predicted molar refractivity (Wildman–Crippen MR) is 137 cm³/mol. The molecule has 2 N–H and O–H groups in total. The molecule has 17 heteroatoms. The summed E-state index contributed by atoms with van der Waals surface area (Å²) in [5, 5.41) is 13.4. The molecule has 1 aromatic carbocycles. The van der Waals surface area contributed by atoms with Crippen LogP contribution in [0.3, 0.4) is 0 Å². The zero-order valence-electron chi connectivity index (χ0n) is 21.7. The summed E-state index contributed by atoms with van der Waals surface area (Å²) in [4.78, 5) is 36.7. The van der Waals surface area contributed by atoms with E-state index in [1.165, 1.54) is 12.1 Å². The fraction of sp³-hybridized carbons (Fsp3) is 0.360. The minimum absolute atomic E-state index is 0.0357. The van der Waals surface area contributed by atoms with Gasteiger partial charge >= 0.3 is 17.9 Å². The minimum atomic E-state index is -5.37. The number of aromatic amines is 1. The standard InChI is InChI=1S/C25H22ClF4N7O5/c1-13-11-18(33-17-7-10-31-35-17)34-19(32-13)12-24(21-36-37(23(39)41-21)42-22(38)25(28,29)30)8-5-14(6-9-24)40-16-4-2-3-15(26)20(16)27/h2-4,7,10-11,14H,5-6,8-9,12H2,1H3,(H2,31,32,33,34,35). The summed E-state index contributed by atoms with van der Waals surface area (Å²) in [5.41, 5.74) is -0.530. The molecule has 12 nitrogen and oxygen atoms in total. The Kier molecular flexibility index (Phi) is 7.90. The molecule has 222 valence electrons. The molecule has 3 heterocycles. The van der Waals surface area contributed by atoms with E-state index in [0.29, 0.717) is 36.0 Å². The maximum atomic E-state index is 14.4. The maximum absolute atomic E-state index is 14.4. The van der Waals surface area contributed by atoms with Gasteiger partial charge in [-0.25, -0.2) is 23.9 Å². The first kappa shape index (κ1) is 29.0. The largest absolute Gasteiger partial charge is 0.493 e. The van der Waals surface area contributed by atoms with Crippen LogP contribution in [0.4, 0.5) is 29.2 Å². The van der Waals surface area contributed by atoms with Gasteiger partial charge in [0.25, 0.3) is 0 Å². The summed E-state index contributed by atoms with van der Waals surface area (Å²) in [5.74, 6) is -3.79. The van der Waals surface area contributed by atoms with Crippen LogP contribution in [0.1, 0.15) is 43.1 Å². The minimum Gasteiger partial charge on any atom is -0.487 e. The highest BCUT2D eigenvalue weighted by molar-refractivity contribution is 6.30. The molecule has 42 heavy (non-hydrogen) atoms. The van der Waals surface area contributed by atoms with Crippen molar-refractivity contribution in [1.29, 1.82) is 0 Å². The number of benzene rings is 1. The Hall–Kier alpha value is -4.47. The van der Waals surface area contributed by atoms with Crippen LogP contribution in [0.25, 0.3) is 0 Å². The van der Waals surface area contributed by atoms with Crippen molar-refractivity contribution in [3.05, 3.63) is 75.3 Å². The van der Waals surface area contributed by atoms with Gasteiger partial charge in [-0.15, -0.1) is 0 Å². The molecule has 0 atom stereocenters. The Bertz CT molecular complexity index is 1630. The lowest BCUT2D eigenvalue weighted by Gasteiger charge is -2.37. The second-order valence-corrected chi connectivity index (χ2v) is 10.1. The quantitative estimate of drug-likeness (QED) is 0.277. The van der Waals surface area contributed by atoms with Crippen LogP contribution in [0.15, 0.2) is 45.7 Å². The highest BCUT2D eigenvalue weighted by Gasteiger charge is 2.46. The molecule has 5 rings (SSSR count). The number of nitrogens with zero attached hydrogens (tertiary/aromatic N) is 5. The third-order valence-electron chi connectivity index (χ3n) is 6.64. The van der Waals surface area contributed by atoms with Crippen molar-refractivity contribution in [2.24, 2.45) is 0 Å². The van der Waals surface area contributed by atoms with Gasteiger partial charge in [0.2, 0.25) is 5.89 Å². The number of hydrogen-bond acceptors (Lipinski definition) is 10. The Labute approximate surface area is 239 Å². The number of carbonyl (C=O) groups excluding carboxylic acids is 1. The average molecular weight is 612 g/mol. The van der Waals surface area contributed by atoms with Crippen LogP contribution in [0.5, 0.6) is 5.75 Å². The zero-order valence-corrected chi connectivity index (χ0v) is 22.5. The number of H-pyrrole nitrogens is 1. The number of ether oxygens (including phenoxy) is 1. The Morgan fingerprint density at radius 2 is 2.02 bits per heavy atom. The second kappa shape index (κ2) is 11.4. The molecule has 1 aliphatic carbocycles. The molecule has 0 amide bonds. The van der Waals surface area contributed by atoms with E-state index in [9.17, 15) is 27.2 Å². The number of anilines is 2. The monoisotopic (exact) mass is 611 g/mol. The van der Waals surface area contributed by atoms with Gasteiger partial charge in [0.1, 0.15) is 17.5 Å². The van der Waals surface area contributed by atoms with Crippen molar-refractivity contribution in [2.75, 3.05) is 5.32 Å². The lowest BCUT2D eigenvalue weighted by atomic mass is 9.70. The number of halogens is 5. The first-order valence-electron chi connectivity index (χ1n) is 12.5. The fourth-order valence-corrected chi connectivity index (χ4v) is 4.86. The first-order chi connectivity index (χ1) is 19.9. The number of hydrogen-bond donors (Lipinski definition) is 2. The van der Waals surface area contributed by atoms with E-state index in [0.717, 1.165) is 0 Å².